The lowest BCUT2D eigenvalue weighted by Gasteiger charge is -2.30. The molecule has 0 aromatic heterocycles. The van der Waals surface area contributed by atoms with Crippen molar-refractivity contribution < 1.29 is 36.2 Å². The van der Waals surface area contributed by atoms with Gasteiger partial charge in [-0.3, -0.25) is 4.79 Å². The van der Waals surface area contributed by atoms with Crippen LogP contribution in [0.3, 0.4) is 0 Å². The van der Waals surface area contributed by atoms with Crippen LogP contribution < -0.4 is 9.47 Å². The van der Waals surface area contributed by atoms with Crippen LogP contribution in [0.15, 0.2) is 12.1 Å². The second-order valence-corrected chi connectivity index (χ2v) is 6.27. The zero-order valence-electron chi connectivity index (χ0n) is 15.0. The molecule has 0 saturated carbocycles. The summed E-state index contributed by atoms with van der Waals surface area (Å²) in [6, 6.07) is 3.46. The molecule has 0 spiro atoms. The summed E-state index contributed by atoms with van der Waals surface area (Å²) in [6.07, 6.45) is -0.493. The van der Waals surface area contributed by atoms with Gasteiger partial charge in [0.2, 0.25) is 11.7 Å². The molecule has 0 fully saturated rings. The number of nitrogens with zero attached hydrogens (tertiary/aromatic N) is 1. The lowest BCUT2D eigenvalue weighted by Crippen LogP contribution is -2.37. The van der Waals surface area contributed by atoms with E-state index < -0.39 is 47.0 Å². The monoisotopic (exact) mass is 401 g/mol. The third kappa shape index (κ3) is 3.36. The van der Waals surface area contributed by atoms with Crippen molar-refractivity contribution in [3.05, 3.63) is 57.9 Å². The number of fused-ring (bicyclic) bond motifs is 1. The summed E-state index contributed by atoms with van der Waals surface area (Å²) >= 11 is 0. The van der Waals surface area contributed by atoms with Crippen molar-refractivity contribution in [3.63, 3.8) is 0 Å². The smallest absolute Gasteiger partial charge is 0.227 e. The van der Waals surface area contributed by atoms with E-state index in [4.69, 9.17) is 9.47 Å². The summed E-state index contributed by atoms with van der Waals surface area (Å²) in [4.78, 5) is 13.8. The molecular weight excluding hydrogens is 385 g/mol. The van der Waals surface area contributed by atoms with E-state index in [1.54, 1.807) is 12.1 Å². The Balaban J connectivity index is 1.85. The highest BCUT2D eigenvalue weighted by molar-refractivity contribution is 5.79. The van der Waals surface area contributed by atoms with E-state index in [-0.39, 0.29) is 13.1 Å². The van der Waals surface area contributed by atoms with Crippen molar-refractivity contribution in [2.45, 2.75) is 19.4 Å². The molecule has 150 valence electrons. The molecule has 1 aliphatic rings. The van der Waals surface area contributed by atoms with Crippen molar-refractivity contribution in [3.8, 4) is 11.5 Å². The Hall–Kier alpha value is -2.84. The summed E-state index contributed by atoms with van der Waals surface area (Å²) in [5.41, 5.74) is 0.520. The molecular formula is C19H16F5NO3. The number of carbonyl (C=O) groups excluding carboxylic acids is 1. The predicted molar refractivity (Wildman–Crippen MR) is 88.6 cm³/mol. The van der Waals surface area contributed by atoms with Gasteiger partial charge in [-0.2, -0.15) is 0 Å². The zero-order chi connectivity index (χ0) is 20.6. The molecule has 1 aliphatic heterocycles. The van der Waals surface area contributed by atoms with Gasteiger partial charge < -0.3 is 14.4 Å². The minimum Gasteiger partial charge on any atom is -0.493 e. The van der Waals surface area contributed by atoms with E-state index in [0.29, 0.717) is 17.9 Å². The van der Waals surface area contributed by atoms with Crippen molar-refractivity contribution in [2.24, 2.45) is 0 Å². The van der Waals surface area contributed by atoms with Crippen LogP contribution >= 0.6 is 0 Å². The van der Waals surface area contributed by atoms with Crippen LogP contribution in [0, 0.1) is 29.1 Å². The van der Waals surface area contributed by atoms with E-state index >= 15 is 0 Å². The molecule has 9 heteroatoms. The topological polar surface area (TPSA) is 38.8 Å². The van der Waals surface area contributed by atoms with Crippen molar-refractivity contribution in [1.29, 1.82) is 0 Å². The Kier molecular flexibility index (Phi) is 5.44. The molecule has 28 heavy (non-hydrogen) atoms. The van der Waals surface area contributed by atoms with Crippen LogP contribution in [0.25, 0.3) is 0 Å². The molecule has 0 saturated heterocycles. The molecule has 2 aromatic carbocycles. The van der Waals surface area contributed by atoms with Gasteiger partial charge in [-0.05, 0) is 29.7 Å². The summed E-state index contributed by atoms with van der Waals surface area (Å²) in [6.45, 7) is 0.348. The molecule has 3 rings (SSSR count). The summed E-state index contributed by atoms with van der Waals surface area (Å²) < 4.78 is 77.9. The maximum atomic E-state index is 13.8. The Labute approximate surface area is 157 Å². The van der Waals surface area contributed by atoms with Crippen LogP contribution in [0.5, 0.6) is 11.5 Å². The number of methoxy groups -OCH3 is 2. The summed E-state index contributed by atoms with van der Waals surface area (Å²) in [5, 5.41) is 0. The average molecular weight is 401 g/mol. The van der Waals surface area contributed by atoms with Gasteiger partial charge in [-0.1, -0.05) is 0 Å². The van der Waals surface area contributed by atoms with Gasteiger partial charge in [0.1, 0.15) is 0 Å². The number of ether oxygens (including phenoxy) is 2. The lowest BCUT2D eigenvalue weighted by atomic mass is 9.98. The maximum Gasteiger partial charge on any atom is 0.227 e. The van der Waals surface area contributed by atoms with Gasteiger partial charge in [0.15, 0.2) is 34.8 Å². The molecule has 1 heterocycles. The fourth-order valence-electron chi connectivity index (χ4n) is 3.16. The number of amides is 1. The molecule has 0 radical (unpaired) electrons. The van der Waals surface area contributed by atoms with Gasteiger partial charge in [0.05, 0.1) is 20.6 Å². The van der Waals surface area contributed by atoms with Crippen molar-refractivity contribution >= 4 is 5.91 Å². The van der Waals surface area contributed by atoms with E-state index in [1.165, 1.54) is 19.1 Å². The van der Waals surface area contributed by atoms with Crippen molar-refractivity contribution in [2.75, 3.05) is 20.8 Å². The number of benzene rings is 2. The number of rotatable bonds is 4. The van der Waals surface area contributed by atoms with Gasteiger partial charge in [-0.15, -0.1) is 0 Å². The molecule has 0 unspecified atom stereocenters. The van der Waals surface area contributed by atoms with E-state index in [9.17, 15) is 26.7 Å². The van der Waals surface area contributed by atoms with Gasteiger partial charge in [0.25, 0.3) is 0 Å². The quantitative estimate of drug-likeness (QED) is 0.447. The standard InChI is InChI=1S/C19H16F5NO3/c1-27-12-5-9-3-4-25(8-10(9)6-13(12)28-2)14(26)7-11-15(20)17(22)19(24)18(23)16(11)21/h5-6H,3-4,7-8H2,1-2H3. The van der Waals surface area contributed by atoms with E-state index in [0.717, 1.165) is 11.1 Å². The van der Waals surface area contributed by atoms with Crippen LogP contribution in [0.1, 0.15) is 16.7 Å². The molecule has 0 bridgehead atoms. The highest BCUT2D eigenvalue weighted by atomic mass is 19.2. The molecule has 0 aliphatic carbocycles. The van der Waals surface area contributed by atoms with Crippen LogP contribution in [0.4, 0.5) is 22.0 Å². The Morgan fingerprint density at radius 2 is 1.39 bits per heavy atom. The largest absolute Gasteiger partial charge is 0.493 e. The fourth-order valence-corrected chi connectivity index (χ4v) is 3.16. The van der Waals surface area contributed by atoms with Crippen LogP contribution in [-0.2, 0) is 24.2 Å². The summed E-state index contributed by atoms with van der Waals surface area (Å²) in [7, 11) is 2.95. The first-order valence-corrected chi connectivity index (χ1v) is 8.30. The molecule has 0 N–H and O–H groups in total. The second-order valence-electron chi connectivity index (χ2n) is 6.27. The third-order valence-corrected chi connectivity index (χ3v) is 4.70. The van der Waals surface area contributed by atoms with Crippen LogP contribution in [0.2, 0.25) is 0 Å². The van der Waals surface area contributed by atoms with Crippen molar-refractivity contribution in [1.82, 2.24) is 4.90 Å². The first-order chi connectivity index (χ1) is 13.3. The van der Waals surface area contributed by atoms with Gasteiger partial charge >= 0.3 is 0 Å². The second kappa shape index (κ2) is 7.65. The minimum absolute atomic E-state index is 0.115. The van der Waals surface area contributed by atoms with Crippen LogP contribution in [-0.4, -0.2) is 31.6 Å². The highest BCUT2D eigenvalue weighted by Gasteiger charge is 2.29. The first kappa shape index (κ1) is 19.9. The Bertz CT molecular complexity index is 919. The number of hydrogen-bond donors (Lipinski definition) is 0. The molecule has 4 nitrogen and oxygen atoms in total. The molecule has 2 aromatic rings. The van der Waals surface area contributed by atoms with Gasteiger partial charge in [0, 0.05) is 18.7 Å². The third-order valence-electron chi connectivity index (χ3n) is 4.70. The Morgan fingerprint density at radius 3 is 1.93 bits per heavy atom. The first-order valence-electron chi connectivity index (χ1n) is 8.30. The van der Waals surface area contributed by atoms with E-state index in [1.807, 2.05) is 0 Å². The SMILES string of the molecule is COc1cc2c(cc1OC)CN(C(=O)Cc1c(F)c(F)c(F)c(F)c1F)CC2. The number of halogens is 5. The fraction of sp³-hybridized carbons (Fsp3) is 0.316. The van der Waals surface area contributed by atoms with E-state index in [2.05, 4.69) is 0 Å². The van der Waals surface area contributed by atoms with Gasteiger partial charge in [-0.25, -0.2) is 22.0 Å². The maximum absolute atomic E-state index is 13.8. The summed E-state index contributed by atoms with van der Waals surface area (Å²) in [5.74, 6) is -10.1. The Morgan fingerprint density at radius 1 is 0.893 bits per heavy atom. The predicted octanol–water partition coefficient (Wildman–Crippen LogP) is 3.53. The minimum atomic E-state index is -2.25. The normalized spacial score (nSPS) is 13.3. The molecule has 0 atom stereocenters. The number of carbonyl (C=O) groups is 1. The number of hydrogen-bond acceptors (Lipinski definition) is 3. The lowest BCUT2D eigenvalue weighted by molar-refractivity contribution is -0.131. The molecule has 1 amide bonds. The average Bonchev–Trinajstić information content (AvgIpc) is 2.72. The zero-order valence-corrected chi connectivity index (χ0v) is 15.0. The highest BCUT2D eigenvalue weighted by Crippen LogP contribution is 2.33.